The molecule has 3 aromatic heterocycles. The van der Waals surface area contributed by atoms with Gasteiger partial charge >= 0.3 is 11.8 Å². The van der Waals surface area contributed by atoms with Crippen LogP contribution in [0.25, 0.3) is 27.7 Å². The van der Waals surface area contributed by atoms with E-state index >= 15 is 4.79 Å². The molecular weight excluding hydrogens is 743 g/mol. The van der Waals surface area contributed by atoms with Crippen LogP contribution in [0, 0.1) is 26.7 Å². The number of piperidine rings is 1. The molecule has 3 fully saturated rings. The molecule has 3 atom stereocenters. The molecule has 2 aromatic carbocycles. The Hall–Kier alpha value is -5.75. The molecule has 0 bridgehead atoms. The fourth-order valence-corrected chi connectivity index (χ4v) is 10.2. The highest BCUT2D eigenvalue weighted by Gasteiger charge is 2.55. The summed E-state index contributed by atoms with van der Waals surface area (Å²) in [6, 6.07) is 16.9. The smallest absolute Gasteiger partial charge is 0.404 e. The van der Waals surface area contributed by atoms with Crippen molar-refractivity contribution >= 4 is 34.3 Å². The molecule has 1 saturated carbocycles. The summed E-state index contributed by atoms with van der Waals surface area (Å²) in [4.78, 5) is 53.2. The van der Waals surface area contributed by atoms with Crippen molar-refractivity contribution in [3.8, 4) is 11.1 Å². The van der Waals surface area contributed by atoms with Gasteiger partial charge in [-0.25, -0.2) is 9.59 Å². The predicted molar refractivity (Wildman–Crippen MR) is 230 cm³/mol. The highest BCUT2D eigenvalue weighted by Crippen LogP contribution is 2.52. The van der Waals surface area contributed by atoms with Crippen molar-refractivity contribution in [2.24, 2.45) is 10.9 Å². The molecule has 1 aliphatic carbocycles. The number of ether oxygens (including phenoxy) is 1. The lowest BCUT2D eigenvalue weighted by Crippen LogP contribution is -2.45. The fraction of sp³-hybridized carbons (Fsp3) is 0.426. The van der Waals surface area contributed by atoms with Crippen molar-refractivity contribution in [1.29, 1.82) is 0 Å². The van der Waals surface area contributed by atoms with E-state index in [-0.39, 0.29) is 36.0 Å². The number of aliphatic imine (C=N–C) groups is 1. The van der Waals surface area contributed by atoms with Crippen LogP contribution in [0.4, 0.5) is 4.79 Å². The number of dihydropyridines is 1. The zero-order valence-corrected chi connectivity index (χ0v) is 34.6. The summed E-state index contributed by atoms with van der Waals surface area (Å²) in [6.45, 7) is 13.2. The van der Waals surface area contributed by atoms with E-state index in [1.54, 1.807) is 0 Å². The number of pyridine rings is 1. The van der Waals surface area contributed by atoms with E-state index in [0.29, 0.717) is 45.0 Å². The van der Waals surface area contributed by atoms with E-state index in [0.717, 1.165) is 92.6 Å². The van der Waals surface area contributed by atoms with Crippen LogP contribution >= 0.6 is 0 Å². The lowest BCUT2D eigenvalue weighted by molar-refractivity contribution is 0.0686. The summed E-state index contributed by atoms with van der Waals surface area (Å²) < 4.78 is 11.4. The van der Waals surface area contributed by atoms with Gasteiger partial charge < -0.3 is 24.6 Å². The maximum absolute atomic E-state index is 15.3. The number of rotatable bonds is 9. The number of imidazole rings is 1. The molecule has 5 aromatic rings. The number of hydrogen-bond acceptors (Lipinski definition) is 6. The van der Waals surface area contributed by atoms with Crippen LogP contribution < -0.4 is 11.0 Å². The van der Waals surface area contributed by atoms with Crippen molar-refractivity contribution in [3.63, 3.8) is 0 Å². The van der Waals surface area contributed by atoms with Gasteiger partial charge in [0.05, 0.1) is 12.1 Å². The Labute approximate surface area is 344 Å². The first-order valence-corrected chi connectivity index (χ1v) is 21.1. The lowest BCUT2D eigenvalue weighted by Gasteiger charge is -2.36. The molecule has 4 aliphatic rings. The van der Waals surface area contributed by atoms with Gasteiger partial charge in [0.1, 0.15) is 5.69 Å². The summed E-state index contributed by atoms with van der Waals surface area (Å²) in [7, 11) is 0. The third-order valence-corrected chi connectivity index (χ3v) is 13.4. The monoisotopic (exact) mass is 795 g/mol. The maximum atomic E-state index is 15.3. The summed E-state index contributed by atoms with van der Waals surface area (Å²) in [6.07, 6.45) is 8.26. The number of amides is 2. The van der Waals surface area contributed by atoms with E-state index in [9.17, 15) is 14.7 Å². The average Bonchev–Trinajstić information content (AvgIpc) is 3.51. The van der Waals surface area contributed by atoms with Crippen molar-refractivity contribution in [3.05, 3.63) is 117 Å². The first kappa shape index (κ1) is 38.8. The standard InChI is InChI=1S/C47H53N7O5/c1-6-39-31(5)36(9-13-48-39)32-7-8-41-34(22-32)23-42(54(41)47(24-30(47)4)27-50-45(56)57)44(55)51-14-10-40-38(26-51)43(37(25-49-40)33-20-28(2)19-29(3)21-33)53-16-15-52(46(53)58)35-11-17-59-18-12-35/h7-9,13,15-16,19-23,30,35,37,50H,6,10-12,14,17-18,24-27H2,1-5H3,(H,56,57)/t30-,37?,47+/m0/s1. The number of benzene rings is 2. The van der Waals surface area contributed by atoms with E-state index in [1.807, 2.05) is 44.8 Å². The van der Waals surface area contributed by atoms with Crippen LogP contribution in [0.3, 0.4) is 0 Å². The van der Waals surface area contributed by atoms with E-state index < -0.39 is 11.6 Å². The minimum absolute atomic E-state index is 0.0651. The molecule has 12 heteroatoms. The third kappa shape index (κ3) is 6.80. The molecule has 306 valence electrons. The topological polar surface area (TPSA) is 136 Å². The molecule has 6 heterocycles. The summed E-state index contributed by atoms with van der Waals surface area (Å²) >= 11 is 0. The molecule has 59 heavy (non-hydrogen) atoms. The second-order valence-electron chi connectivity index (χ2n) is 17.1. The van der Waals surface area contributed by atoms with Gasteiger partial charge in [-0.3, -0.25) is 23.9 Å². The zero-order valence-electron chi connectivity index (χ0n) is 34.6. The highest BCUT2D eigenvalue weighted by molar-refractivity contribution is 6.09. The molecule has 2 amide bonds. The Balaban J connectivity index is 1.16. The average molecular weight is 796 g/mol. The number of fused-ring (bicyclic) bond motifs is 2. The Morgan fingerprint density at radius 2 is 1.78 bits per heavy atom. The number of aryl methyl sites for hydroxylation is 3. The second kappa shape index (κ2) is 15.1. The second-order valence-corrected chi connectivity index (χ2v) is 17.1. The number of hydrogen-bond donors (Lipinski definition) is 2. The summed E-state index contributed by atoms with van der Waals surface area (Å²) in [5.41, 5.74) is 11.2. The van der Waals surface area contributed by atoms with E-state index in [2.05, 4.69) is 85.9 Å². The number of nitrogens with one attached hydrogen (secondary N) is 1. The van der Waals surface area contributed by atoms with Crippen LogP contribution in [0.2, 0.25) is 0 Å². The first-order valence-electron chi connectivity index (χ1n) is 21.1. The number of nitrogens with zero attached hydrogens (tertiary/aromatic N) is 6. The van der Waals surface area contributed by atoms with Gasteiger partial charge in [0.15, 0.2) is 0 Å². The van der Waals surface area contributed by atoms with E-state index in [4.69, 9.17) is 9.73 Å². The Morgan fingerprint density at radius 3 is 2.49 bits per heavy atom. The minimum atomic E-state index is -1.09. The van der Waals surface area contributed by atoms with Crippen molar-refractivity contribution in [2.75, 3.05) is 39.4 Å². The lowest BCUT2D eigenvalue weighted by atomic mass is 9.85. The van der Waals surface area contributed by atoms with Gasteiger partial charge in [-0.2, -0.15) is 0 Å². The van der Waals surface area contributed by atoms with Crippen molar-refractivity contribution in [2.45, 2.75) is 84.2 Å². The summed E-state index contributed by atoms with van der Waals surface area (Å²) in [5.74, 6) is -0.168. The largest absolute Gasteiger partial charge is 0.465 e. The Kier molecular flexibility index (Phi) is 9.94. The molecule has 3 aliphatic heterocycles. The quantitative estimate of drug-likeness (QED) is 0.159. The minimum Gasteiger partial charge on any atom is -0.465 e. The number of carbonyl (C=O) groups excluding carboxylic acids is 1. The van der Waals surface area contributed by atoms with Gasteiger partial charge in [0, 0.05) is 103 Å². The molecule has 12 nitrogen and oxygen atoms in total. The molecule has 0 spiro atoms. The van der Waals surface area contributed by atoms with Gasteiger partial charge in [-0.05, 0) is 98.9 Å². The third-order valence-electron chi connectivity index (χ3n) is 13.4. The van der Waals surface area contributed by atoms with Crippen molar-refractivity contribution in [1.82, 2.24) is 28.9 Å². The number of aromatic nitrogens is 4. The fourth-order valence-electron chi connectivity index (χ4n) is 10.2. The molecule has 2 saturated heterocycles. The van der Waals surface area contributed by atoms with E-state index in [1.165, 1.54) is 0 Å². The Bertz CT molecular complexity index is 2600. The molecule has 1 unspecified atom stereocenters. The highest BCUT2D eigenvalue weighted by atomic mass is 16.5. The molecule has 0 radical (unpaired) electrons. The van der Waals surface area contributed by atoms with Gasteiger partial charge in [-0.1, -0.05) is 49.2 Å². The zero-order chi connectivity index (χ0) is 41.2. The van der Waals surface area contributed by atoms with Gasteiger partial charge in [0.2, 0.25) is 0 Å². The van der Waals surface area contributed by atoms with Crippen LogP contribution in [0.5, 0.6) is 0 Å². The Morgan fingerprint density at radius 1 is 1.02 bits per heavy atom. The molecule has 9 rings (SSSR count). The van der Waals surface area contributed by atoms with Crippen LogP contribution in [0.1, 0.15) is 89.9 Å². The van der Waals surface area contributed by atoms with Gasteiger partial charge in [-0.15, -0.1) is 0 Å². The predicted octanol–water partition coefficient (Wildman–Crippen LogP) is 7.50. The molecule has 2 N–H and O–H groups in total. The van der Waals surface area contributed by atoms with Crippen LogP contribution in [-0.4, -0.2) is 85.8 Å². The number of carboxylic acid groups (broad SMARTS) is 1. The summed E-state index contributed by atoms with van der Waals surface area (Å²) in [5, 5.41) is 13.3. The first-order chi connectivity index (χ1) is 28.5. The maximum Gasteiger partial charge on any atom is 0.404 e. The molecular formula is C47H53N7O5. The van der Waals surface area contributed by atoms with Crippen LogP contribution in [0.15, 0.2) is 82.5 Å². The normalized spacial score (nSPS) is 22.1. The van der Waals surface area contributed by atoms with Crippen molar-refractivity contribution < 1.29 is 19.4 Å². The number of carbonyl (C=O) groups is 2. The van der Waals surface area contributed by atoms with Gasteiger partial charge in [0.25, 0.3) is 5.91 Å². The SMILES string of the molecule is CCc1nccc(-c2ccc3c(c2)cc(C(=O)N2CCC4=NCC(c5cc(C)cc(C)c5)C(n5ccn(C6CCOCC6)c5=O)=C4C2)n3[C@@]2(CNC(=O)O)C[C@@H]2C)c1C. The number of likely N-dealkylation sites (tertiary alicyclic amines) is 1. The van der Waals surface area contributed by atoms with Crippen LogP contribution in [-0.2, 0) is 16.7 Å².